The van der Waals surface area contributed by atoms with Crippen molar-refractivity contribution in [2.45, 2.75) is 37.8 Å². The molecule has 2 amide bonds. The summed E-state index contributed by atoms with van der Waals surface area (Å²) < 4.78 is 4.92. The zero-order chi connectivity index (χ0) is 17.5. The molecule has 1 saturated heterocycles. The van der Waals surface area contributed by atoms with Crippen LogP contribution in [0.4, 0.5) is 5.69 Å². The predicted octanol–water partition coefficient (Wildman–Crippen LogP) is 0.953. The van der Waals surface area contributed by atoms with Gasteiger partial charge in [-0.1, -0.05) is 18.2 Å². The smallest absolute Gasteiger partial charge is 0.397 e. The second kappa shape index (κ2) is 5.64. The Hall–Kier alpha value is -2.88. The van der Waals surface area contributed by atoms with Gasteiger partial charge in [-0.25, -0.2) is 4.79 Å². The summed E-state index contributed by atoms with van der Waals surface area (Å²) in [6, 6.07) is 8.37. The van der Waals surface area contributed by atoms with Crippen LogP contribution in [0.5, 0.6) is 0 Å². The van der Waals surface area contributed by atoms with E-state index in [0.29, 0.717) is 5.69 Å². The van der Waals surface area contributed by atoms with Crippen molar-refractivity contribution in [2.75, 3.05) is 11.9 Å². The standard InChI is InChI=1S/C17H17N3O4/c1-10(2)24-15(22)14(21)20-9-17(7-11(20)8-18)12-5-3-4-6-13(12)19-16(17)23/h3-6,10-11H,7,9H2,1-2H3,(H,19,23)/t11?,17-/m0/s1. The average Bonchev–Trinajstić information content (AvgIpc) is 3.06. The minimum absolute atomic E-state index is 0.0138. The number of likely N-dealkylation sites (tertiary alicyclic amines) is 1. The second-order valence-electron chi connectivity index (χ2n) is 6.32. The third-order valence-corrected chi connectivity index (χ3v) is 4.41. The molecule has 0 bridgehead atoms. The summed E-state index contributed by atoms with van der Waals surface area (Å²) in [6.07, 6.45) is -0.276. The quantitative estimate of drug-likeness (QED) is 0.611. The maximum absolute atomic E-state index is 12.6. The minimum Gasteiger partial charge on any atom is -0.456 e. The van der Waals surface area contributed by atoms with E-state index >= 15 is 0 Å². The third-order valence-electron chi connectivity index (χ3n) is 4.41. The summed E-state index contributed by atoms with van der Waals surface area (Å²) in [5.74, 6) is -2.14. The molecule has 7 heteroatoms. The van der Waals surface area contributed by atoms with Gasteiger partial charge in [-0.15, -0.1) is 0 Å². The maximum Gasteiger partial charge on any atom is 0.397 e. The number of nitrogens with zero attached hydrogens (tertiary/aromatic N) is 2. The van der Waals surface area contributed by atoms with Crippen molar-refractivity contribution in [1.82, 2.24) is 4.90 Å². The molecule has 1 unspecified atom stereocenters. The van der Waals surface area contributed by atoms with Crippen LogP contribution in [0.3, 0.4) is 0 Å². The maximum atomic E-state index is 12.6. The van der Waals surface area contributed by atoms with Crippen molar-refractivity contribution >= 4 is 23.5 Å². The molecule has 1 aromatic rings. The lowest BCUT2D eigenvalue weighted by atomic mass is 9.80. The molecule has 2 heterocycles. The Balaban J connectivity index is 1.93. The first-order valence-corrected chi connectivity index (χ1v) is 7.71. The minimum atomic E-state index is -1.01. The highest BCUT2D eigenvalue weighted by Gasteiger charge is 2.56. The lowest BCUT2D eigenvalue weighted by molar-refractivity contribution is -0.162. The van der Waals surface area contributed by atoms with Crippen LogP contribution in [0.25, 0.3) is 0 Å². The Bertz CT molecular complexity index is 767. The van der Waals surface area contributed by atoms with E-state index in [4.69, 9.17) is 4.74 Å². The first kappa shape index (κ1) is 16.0. The fourth-order valence-electron chi connectivity index (χ4n) is 3.35. The summed E-state index contributed by atoms with van der Waals surface area (Å²) >= 11 is 0. The third kappa shape index (κ3) is 2.31. The fourth-order valence-corrected chi connectivity index (χ4v) is 3.35. The van der Waals surface area contributed by atoms with Crippen molar-refractivity contribution in [3.8, 4) is 6.07 Å². The molecule has 0 aromatic heterocycles. The molecule has 3 rings (SSSR count). The number of carbonyl (C=O) groups is 3. The molecular weight excluding hydrogens is 310 g/mol. The monoisotopic (exact) mass is 327 g/mol. The summed E-state index contributed by atoms with van der Waals surface area (Å²) in [5.41, 5.74) is 0.436. The van der Waals surface area contributed by atoms with Crippen LogP contribution in [0.2, 0.25) is 0 Å². The highest BCUT2D eigenvalue weighted by Crippen LogP contribution is 2.46. The van der Waals surface area contributed by atoms with Crippen LogP contribution in [0.15, 0.2) is 24.3 Å². The van der Waals surface area contributed by atoms with E-state index in [1.54, 1.807) is 32.0 Å². The topological polar surface area (TPSA) is 99.5 Å². The normalized spacial score (nSPS) is 24.7. The number of carbonyl (C=O) groups excluding carboxylic acids is 3. The number of ether oxygens (including phenoxy) is 1. The van der Waals surface area contributed by atoms with Crippen LogP contribution in [0.1, 0.15) is 25.8 Å². The first-order valence-electron chi connectivity index (χ1n) is 7.71. The van der Waals surface area contributed by atoms with Crippen molar-refractivity contribution in [1.29, 1.82) is 5.26 Å². The Morgan fingerprint density at radius 3 is 2.79 bits per heavy atom. The van der Waals surface area contributed by atoms with Gasteiger partial charge < -0.3 is 15.0 Å². The molecule has 2 aliphatic rings. The Morgan fingerprint density at radius 1 is 1.42 bits per heavy atom. The van der Waals surface area contributed by atoms with Crippen molar-refractivity contribution in [3.05, 3.63) is 29.8 Å². The molecule has 1 aromatic carbocycles. The van der Waals surface area contributed by atoms with Gasteiger partial charge in [0.15, 0.2) is 0 Å². The number of hydrogen-bond donors (Lipinski definition) is 1. The summed E-state index contributed by atoms with van der Waals surface area (Å²) in [5, 5.41) is 12.2. The van der Waals surface area contributed by atoms with Crippen LogP contribution in [-0.2, 0) is 24.5 Å². The van der Waals surface area contributed by atoms with Crippen LogP contribution in [-0.4, -0.2) is 41.4 Å². The van der Waals surface area contributed by atoms with Gasteiger partial charge in [0.1, 0.15) is 6.04 Å². The van der Waals surface area contributed by atoms with Crippen molar-refractivity contribution in [2.24, 2.45) is 0 Å². The van der Waals surface area contributed by atoms with E-state index in [1.807, 2.05) is 12.1 Å². The molecule has 2 aliphatic heterocycles. The van der Waals surface area contributed by atoms with E-state index in [2.05, 4.69) is 5.32 Å². The molecule has 1 spiro atoms. The number of nitrogens with one attached hydrogen (secondary N) is 1. The molecule has 1 fully saturated rings. The van der Waals surface area contributed by atoms with Gasteiger partial charge in [-0.3, -0.25) is 9.59 Å². The zero-order valence-corrected chi connectivity index (χ0v) is 13.4. The van der Waals surface area contributed by atoms with Gasteiger partial charge in [-0.2, -0.15) is 5.26 Å². The highest BCUT2D eigenvalue weighted by atomic mass is 16.5. The molecule has 0 saturated carbocycles. The number of esters is 1. The van der Waals surface area contributed by atoms with Gasteiger partial charge in [0.05, 0.1) is 17.6 Å². The molecule has 124 valence electrons. The Labute approximate surface area is 139 Å². The lowest BCUT2D eigenvalue weighted by Gasteiger charge is -2.22. The number of amides is 2. The average molecular weight is 327 g/mol. The molecule has 1 N–H and O–H groups in total. The van der Waals surface area contributed by atoms with E-state index in [9.17, 15) is 19.6 Å². The van der Waals surface area contributed by atoms with Crippen LogP contribution >= 0.6 is 0 Å². The molecular formula is C17H17N3O4. The van der Waals surface area contributed by atoms with Crippen LogP contribution < -0.4 is 5.32 Å². The number of benzene rings is 1. The molecule has 0 radical (unpaired) electrons. The van der Waals surface area contributed by atoms with E-state index in [1.165, 1.54) is 0 Å². The van der Waals surface area contributed by atoms with Crippen molar-refractivity contribution in [3.63, 3.8) is 0 Å². The fraction of sp³-hybridized carbons (Fsp3) is 0.412. The number of hydrogen-bond acceptors (Lipinski definition) is 5. The van der Waals surface area contributed by atoms with E-state index < -0.39 is 29.4 Å². The summed E-state index contributed by atoms with van der Waals surface area (Å²) in [7, 11) is 0. The van der Waals surface area contributed by atoms with Gasteiger partial charge in [0.25, 0.3) is 0 Å². The Morgan fingerprint density at radius 2 is 2.12 bits per heavy atom. The van der Waals surface area contributed by atoms with Gasteiger partial charge in [0, 0.05) is 18.7 Å². The lowest BCUT2D eigenvalue weighted by Crippen LogP contribution is -2.43. The number of para-hydroxylation sites is 1. The molecule has 7 nitrogen and oxygen atoms in total. The SMILES string of the molecule is CC(C)OC(=O)C(=O)N1C[C@]2(CC1C#N)C(=O)Nc1ccccc12. The zero-order valence-electron chi connectivity index (χ0n) is 13.4. The van der Waals surface area contributed by atoms with Crippen molar-refractivity contribution < 1.29 is 19.1 Å². The van der Waals surface area contributed by atoms with E-state index in [-0.39, 0.29) is 18.9 Å². The number of anilines is 1. The largest absolute Gasteiger partial charge is 0.456 e. The number of fused-ring (bicyclic) bond motifs is 2. The van der Waals surface area contributed by atoms with Gasteiger partial charge in [-0.05, 0) is 25.5 Å². The molecule has 2 atom stereocenters. The molecule has 0 aliphatic carbocycles. The Kier molecular flexibility index (Phi) is 3.76. The first-order chi connectivity index (χ1) is 11.4. The molecule has 24 heavy (non-hydrogen) atoms. The number of nitriles is 1. The van der Waals surface area contributed by atoms with E-state index in [0.717, 1.165) is 10.5 Å². The summed E-state index contributed by atoms with van der Waals surface area (Å²) in [4.78, 5) is 38.0. The van der Waals surface area contributed by atoms with Gasteiger partial charge >= 0.3 is 11.9 Å². The summed E-state index contributed by atoms with van der Waals surface area (Å²) in [6.45, 7) is 3.26. The van der Waals surface area contributed by atoms with Gasteiger partial charge in [0.2, 0.25) is 5.91 Å². The predicted molar refractivity (Wildman–Crippen MR) is 83.7 cm³/mol. The second-order valence-corrected chi connectivity index (χ2v) is 6.32. The van der Waals surface area contributed by atoms with Crippen LogP contribution in [0, 0.1) is 11.3 Å². The highest BCUT2D eigenvalue weighted by molar-refractivity contribution is 6.32. The number of rotatable bonds is 1.